The van der Waals surface area contributed by atoms with E-state index in [9.17, 15) is 9.18 Å². The van der Waals surface area contributed by atoms with Crippen molar-refractivity contribution in [1.29, 1.82) is 0 Å². The van der Waals surface area contributed by atoms with Crippen molar-refractivity contribution < 1.29 is 9.18 Å². The fourth-order valence-corrected chi connectivity index (χ4v) is 2.63. The van der Waals surface area contributed by atoms with Crippen molar-refractivity contribution in [2.75, 3.05) is 6.54 Å². The highest BCUT2D eigenvalue weighted by Crippen LogP contribution is 2.24. The molecule has 0 bridgehead atoms. The van der Waals surface area contributed by atoms with Crippen LogP contribution in [0, 0.1) is 5.82 Å². The number of rotatable bonds is 5. The lowest BCUT2D eigenvalue weighted by molar-refractivity contribution is -0.116. The summed E-state index contributed by atoms with van der Waals surface area (Å²) in [7, 11) is 0. The number of nitrogens with one attached hydrogen (secondary N) is 1. The predicted octanol–water partition coefficient (Wildman–Crippen LogP) is 3.99. The highest BCUT2D eigenvalue weighted by molar-refractivity contribution is 7.10. The van der Waals surface area contributed by atoms with Crippen molar-refractivity contribution in [3.05, 3.63) is 64.1 Å². The Kier molecular flexibility index (Phi) is 4.91. The van der Waals surface area contributed by atoms with Gasteiger partial charge < -0.3 is 5.32 Å². The second-order valence-corrected chi connectivity index (χ2v) is 6.41. The van der Waals surface area contributed by atoms with Crippen LogP contribution in [-0.2, 0) is 10.2 Å². The highest BCUT2D eigenvalue weighted by Gasteiger charge is 2.24. The van der Waals surface area contributed by atoms with E-state index in [2.05, 4.69) is 5.32 Å². The lowest BCUT2D eigenvalue weighted by Crippen LogP contribution is -2.36. The summed E-state index contributed by atoms with van der Waals surface area (Å²) in [6.45, 7) is 4.20. The minimum Gasteiger partial charge on any atom is -0.352 e. The summed E-state index contributed by atoms with van der Waals surface area (Å²) >= 11 is 1.57. The molecule has 4 heteroatoms. The van der Waals surface area contributed by atoms with E-state index in [1.165, 1.54) is 12.1 Å². The summed E-state index contributed by atoms with van der Waals surface area (Å²) in [6.07, 6.45) is 3.28. The largest absolute Gasteiger partial charge is 0.352 e. The average Bonchev–Trinajstić information content (AvgIpc) is 2.96. The summed E-state index contributed by atoms with van der Waals surface area (Å²) in [5.41, 5.74) is 0.144. The molecule has 0 fully saturated rings. The first-order valence-electron chi connectivity index (χ1n) is 6.73. The third-order valence-electron chi connectivity index (χ3n) is 3.25. The molecule has 0 atom stereocenters. The molecule has 1 aromatic heterocycles. The second-order valence-electron chi connectivity index (χ2n) is 5.43. The summed E-state index contributed by atoms with van der Waals surface area (Å²) in [5.74, 6) is -0.418. The standard InChI is InChI=1S/C17H18FNOS/c1-17(2,14-7-3-4-8-15(14)18)12-19-16(20)10-9-13-6-5-11-21-13/h3-11H,12H2,1-2H3,(H,19,20)/b10-9+. The maximum Gasteiger partial charge on any atom is 0.244 e. The molecule has 2 rings (SSSR count). The van der Waals surface area contributed by atoms with Crippen LogP contribution >= 0.6 is 11.3 Å². The Hall–Kier alpha value is -1.94. The first-order chi connectivity index (χ1) is 9.99. The molecule has 1 N–H and O–H groups in total. The van der Waals surface area contributed by atoms with E-state index in [-0.39, 0.29) is 11.7 Å². The van der Waals surface area contributed by atoms with Crippen molar-refractivity contribution in [1.82, 2.24) is 5.32 Å². The van der Waals surface area contributed by atoms with Gasteiger partial charge in [-0.25, -0.2) is 4.39 Å². The Morgan fingerprint density at radius 1 is 1.29 bits per heavy atom. The molecular weight excluding hydrogens is 285 g/mol. The van der Waals surface area contributed by atoms with E-state index in [1.807, 2.05) is 31.4 Å². The normalized spacial score (nSPS) is 11.8. The Labute approximate surface area is 128 Å². The fourth-order valence-electron chi connectivity index (χ4n) is 2.02. The van der Waals surface area contributed by atoms with E-state index in [0.717, 1.165) is 4.88 Å². The number of thiophene rings is 1. The summed E-state index contributed by atoms with van der Waals surface area (Å²) < 4.78 is 13.8. The molecule has 1 heterocycles. The van der Waals surface area contributed by atoms with Crippen LogP contribution in [0.25, 0.3) is 6.08 Å². The number of carbonyl (C=O) groups excluding carboxylic acids is 1. The van der Waals surface area contributed by atoms with Crippen LogP contribution in [0.5, 0.6) is 0 Å². The number of hydrogen-bond donors (Lipinski definition) is 1. The Balaban J connectivity index is 1.95. The van der Waals surface area contributed by atoms with Crippen molar-refractivity contribution in [2.45, 2.75) is 19.3 Å². The van der Waals surface area contributed by atoms with Crippen LogP contribution < -0.4 is 5.32 Å². The summed E-state index contributed by atoms with van der Waals surface area (Å²) in [5, 5.41) is 4.78. The quantitative estimate of drug-likeness (QED) is 0.831. The van der Waals surface area contributed by atoms with Crippen molar-refractivity contribution >= 4 is 23.3 Å². The lowest BCUT2D eigenvalue weighted by atomic mass is 9.84. The highest BCUT2D eigenvalue weighted by atomic mass is 32.1. The third kappa shape index (κ3) is 4.26. The molecule has 0 saturated heterocycles. The average molecular weight is 303 g/mol. The first kappa shape index (κ1) is 15.4. The molecule has 2 aromatic rings. The first-order valence-corrected chi connectivity index (χ1v) is 7.61. The monoisotopic (exact) mass is 303 g/mol. The summed E-state index contributed by atoms with van der Waals surface area (Å²) in [6, 6.07) is 10.5. The minimum absolute atomic E-state index is 0.173. The molecule has 0 saturated carbocycles. The van der Waals surface area contributed by atoms with Crippen LogP contribution in [-0.4, -0.2) is 12.5 Å². The van der Waals surface area contributed by atoms with Crippen LogP contribution in [0.2, 0.25) is 0 Å². The van der Waals surface area contributed by atoms with Gasteiger partial charge in [0.2, 0.25) is 5.91 Å². The Morgan fingerprint density at radius 2 is 2.05 bits per heavy atom. The maximum atomic E-state index is 13.8. The molecule has 2 nitrogen and oxygen atoms in total. The molecule has 0 aliphatic rings. The molecule has 110 valence electrons. The third-order valence-corrected chi connectivity index (χ3v) is 4.09. The van der Waals surface area contributed by atoms with Gasteiger partial charge in [0.25, 0.3) is 0 Å². The minimum atomic E-state index is -0.461. The van der Waals surface area contributed by atoms with Gasteiger partial charge in [-0.15, -0.1) is 11.3 Å². The number of hydrogen-bond acceptors (Lipinski definition) is 2. The van der Waals surface area contributed by atoms with E-state index in [1.54, 1.807) is 35.6 Å². The van der Waals surface area contributed by atoms with Crippen molar-refractivity contribution in [2.24, 2.45) is 0 Å². The Bertz CT molecular complexity index is 632. The van der Waals surface area contributed by atoms with Gasteiger partial charge in [-0.05, 0) is 29.2 Å². The van der Waals surface area contributed by atoms with Gasteiger partial charge in [0.15, 0.2) is 0 Å². The van der Waals surface area contributed by atoms with E-state index in [4.69, 9.17) is 0 Å². The van der Waals surface area contributed by atoms with E-state index >= 15 is 0 Å². The van der Waals surface area contributed by atoms with Gasteiger partial charge in [0.1, 0.15) is 5.82 Å². The van der Waals surface area contributed by atoms with E-state index in [0.29, 0.717) is 12.1 Å². The van der Waals surface area contributed by atoms with Crippen LogP contribution in [0.4, 0.5) is 4.39 Å². The van der Waals surface area contributed by atoms with Gasteiger partial charge >= 0.3 is 0 Å². The van der Waals surface area contributed by atoms with E-state index < -0.39 is 5.41 Å². The molecule has 1 amide bonds. The van der Waals surface area contributed by atoms with Crippen LogP contribution in [0.3, 0.4) is 0 Å². The number of halogens is 1. The molecule has 0 unspecified atom stereocenters. The predicted molar refractivity (Wildman–Crippen MR) is 85.8 cm³/mol. The van der Waals surface area contributed by atoms with Crippen molar-refractivity contribution in [3.8, 4) is 0 Å². The molecular formula is C17H18FNOS. The molecule has 21 heavy (non-hydrogen) atoms. The zero-order valence-corrected chi connectivity index (χ0v) is 12.9. The SMILES string of the molecule is CC(C)(CNC(=O)/C=C/c1cccs1)c1ccccc1F. The maximum absolute atomic E-state index is 13.8. The van der Waals surface area contributed by atoms with Crippen LogP contribution in [0.1, 0.15) is 24.3 Å². The lowest BCUT2D eigenvalue weighted by Gasteiger charge is -2.25. The number of amides is 1. The number of benzene rings is 1. The molecule has 0 aliphatic heterocycles. The summed E-state index contributed by atoms with van der Waals surface area (Å²) in [4.78, 5) is 12.8. The molecule has 0 spiro atoms. The smallest absolute Gasteiger partial charge is 0.244 e. The second kappa shape index (κ2) is 6.68. The fraction of sp³-hybridized carbons (Fsp3) is 0.235. The van der Waals surface area contributed by atoms with Crippen molar-refractivity contribution in [3.63, 3.8) is 0 Å². The Morgan fingerprint density at radius 3 is 2.71 bits per heavy atom. The number of carbonyl (C=O) groups is 1. The van der Waals surface area contributed by atoms with Gasteiger partial charge in [-0.1, -0.05) is 38.1 Å². The zero-order chi connectivity index (χ0) is 15.3. The molecule has 0 aliphatic carbocycles. The van der Waals surface area contributed by atoms with Gasteiger partial charge in [-0.3, -0.25) is 4.79 Å². The molecule has 0 radical (unpaired) electrons. The van der Waals surface area contributed by atoms with Crippen LogP contribution in [0.15, 0.2) is 47.9 Å². The van der Waals surface area contributed by atoms with Gasteiger partial charge in [-0.2, -0.15) is 0 Å². The topological polar surface area (TPSA) is 29.1 Å². The zero-order valence-electron chi connectivity index (χ0n) is 12.1. The van der Waals surface area contributed by atoms with Gasteiger partial charge in [0.05, 0.1) is 0 Å². The molecule has 1 aromatic carbocycles. The van der Waals surface area contributed by atoms with Gasteiger partial charge in [0, 0.05) is 22.9 Å².